The maximum Gasteiger partial charge on any atom is 0.320 e. The lowest BCUT2D eigenvalue weighted by molar-refractivity contribution is -0.138. The Balaban J connectivity index is 1.66. The van der Waals surface area contributed by atoms with Crippen molar-refractivity contribution in [3.63, 3.8) is 0 Å². The number of aromatic nitrogens is 4. The minimum absolute atomic E-state index is 0.310. The molecule has 2 aromatic rings. The van der Waals surface area contributed by atoms with Gasteiger partial charge in [-0.3, -0.25) is 9.36 Å². The number of carboxylic acids is 1. The van der Waals surface area contributed by atoms with Crippen molar-refractivity contribution in [3.05, 3.63) is 12.7 Å². The Hall–Kier alpha value is -1.99. The molecule has 2 unspecified atom stereocenters. The summed E-state index contributed by atoms with van der Waals surface area (Å²) in [5.74, 6) is 0.407. The molecule has 148 valence electrons. The van der Waals surface area contributed by atoms with Gasteiger partial charge in [0.15, 0.2) is 17.7 Å². The van der Waals surface area contributed by atoms with Crippen LogP contribution in [0, 0.1) is 0 Å². The molecule has 0 spiro atoms. The topological polar surface area (TPSA) is 169 Å². The summed E-state index contributed by atoms with van der Waals surface area (Å²) in [6.07, 6.45) is -0.507. The molecule has 1 saturated heterocycles. The summed E-state index contributed by atoms with van der Waals surface area (Å²) < 4.78 is 7.41. The molecule has 0 radical (unpaired) electrons. The van der Waals surface area contributed by atoms with E-state index >= 15 is 0 Å². The molecule has 27 heavy (non-hydrogen) atoms. The maximum absolute atomic E-state index is 10.7. The van der Waals surface area contributed by atoms with Crippen molar-refractivity contribution in [1.29, 1.82) is 0 Å². The van der Waals surface area contributed by atoms with Crippen LogP contribution in [0.2, 0.25) is 0 Å². The van der Waals surface area contributed by atoms with E-state index in [4.69, 9.17) is 15.6 Å². The number of nitrogens with zero attached hydrogens (tertiary/aromatic N) is 4. The zero-order valence-electron chi connectivity index (χ0n) is 14.6. The van der Waals surface area contributed by atoms with Gasteiger partial charge in [-0.2, -0.15) is 11.8 Å². The van der Waals surface area contributed by atoms with E-state index in [1.165, 1.54) is 24.4 Å². The van der Waals surface area contributed by atoms with Crippen LogP contribution in [0.5, 0.6) is 0 Å². The first-order valence-corrected chi connectivity index (χ1v) is 9.52. The van der Waals surface area contributed by atoms with Crippen LogP contribution in [-0.2, 0) is 9.53 Å². The minimum Gasteiger partial charge on any atom is -0.480 e. The number of aliphatic hydroxyl groups excluding tert-OH is 2. The van der Waals surface area contributed by atoms with E-state index < -0.39 is 36.6 Å². The second kappa shape index (κ2) is 8.35. The van der Waals surface area contributed by atoms with Gasteiger partial charge in [0.1, 0.15) is 30.1 Å². The summed E-state index contributed by atoms with van der Waals surface area (Å²) in [4.78, 5) is 23.3. The number of nitrogens with two attached hydrogens (primary N) is 1. The van der Waals surface area contributed by atoms with Crippen LogP contribution in [0.4, 0.5) is 5.82 Å². The van der Waals surface area contributed by atoms with Gasteiger partial charge in [-0.25, -0.2) is 15.0 Å². The smallest absolute Gasteiger partial charge is 0.320 e. The highest BCUT2D eigenvalue weighted by Crippen LogP contribution is 2.33. The highest BCUT2D eigenvalue weighted by atomic mass is 32.2. The van der Waals surface area contributed by atoms with E-state index in [0.717, 1.165) is 0 Å². The molecule has 1 fully saturated rings. The predicted octanol–water partition coefficient (Wildman–Crippen LogP) is -0.978. The number of aliphatic hydroxyl groups is 2. The van der Waals surface area contributed by atoms with Crippen LogP contribution in [0.15, 0.2) is 12.7 Å². The largest absolute Gasteiger partial charge is 0.480 e. The van der Waals surface area contributed by atoms with Gasteiger partial charge >= 0.3 is 5.97 Å². The highest BCUT2D eigenvalue weighted by Gasteiger charge is 2.44. The molecule has 1 aliphatic rings. The van der Waals surface area contributed by atoms with Crippen molar-refractivity contribution in [3.8, 4) is 0 Å². The molecule has 1 aliphatic heterocycles. The van der Waals surface area contributed by atoms with Crippen LogP contribution in [0.3, 0.4) is 0 Å². The van der Waals surface area contributed by atoms with Gasteiger partial charge in [0, 0.05) is 12.8 Å². The van der Waals surface area contributed by atoms with Crippen molar-refractivity contribution < 1.29 is 24.9 Å². The Morgan fingerprint density at radius 1 is 1.41 bits per heavy atom. The second-order valence-corrected chi connectivity index (χ2v) is 7.30. The molecule has 0 saturated carbocycles. The minimum atomic E-state index is -1.15. The van der Waals surface area contributed by atoms with Gasteiger partial charge in [-0.15, -0.1) is 0 Å². The second-order valence-electron chi connectivity index (χ2n) is 6.15. The molecule has 11 nitrogen and oxygen atoms in total. The molecule has 3 rings (SSSR count). The first-order valence-electron chi connectivity index (χ1n) is 8.37. The number of nitrogens with one attached hydrogen (secondary N) is 1. The van der Waals surface area contributed by atoms with E-state index in [1.54, 1.807) is 11.6 Å². The number of carboxylic acid groups (broad SMARTS) is 1. The van der Waals surface area contributed by atoms with E-state index in [9.17, 15) is 15.0 Å². The van der Waals surface area contributed by atoms with E-state index in [-0.39, 0.29) is 0 Å². The standard InChI is InChI=1S/C15H22N6O5S/c1-17-12-9-13(19-5-18-12)21(6-20-9)14-11(23)10(22)8(26-14)4-27-3-2-7(16)15(24)25/h5-8,10-11,14,22-23H,2-4,16H2,1H3,(H,24,25)(H,17,18,19)/t7?,8?,10-,11-,14-/m1/s1. The summed E-state index contributed by atoms with van der Waals surface area (Å²) in [5.41, 5.74) is 6.47. The molecule has 6 N–H and O–H groups in total. The Morgan fingerprint density at radius 3 is 2.89 bits per heavy atom. The predicted molar refractivity (Wildman–Crippen MR) is 98.3 cm³/mol. The first kappa shape index (κ1) is 19.8. The summed E-state index contributed by atoms with van der Waals surface area (Å²) in [6, 6.07) is -0.913. The molecule has 0 aromatic carbocycles. The van der Waals surface area contributed by atoms with Crippen molar-refractivity contribution in [2.75, 3.05) is 23.9 Å². The summed E-state index contributed by atoms with van der Waals surface area (Å²) in [6.45, 7) is 0. The number of hydrogen-bond acceptors (Lipinski definition) is 10. The van der Waals surface area contributed by atoms with Crippen LogP contribution in [0.25, 0.3) is 11.2 Å². The average Bonchev–Trinajstić information content (AvgIpc) is 3.20. The lowest BCUT2D eigenvalue weighted by Gasteiger charge is -2.16. The van der Waals surface area contributed by atoms with Gasteiger partial charge in [0.25, 0.3) is 0 Å². The highest BCUT2D eigenvalue weighted by molar-refractivity contribution is 7.99. The Morgan fingerprint density at radius 2 is 2.19 bits per heavy atom. The summed E-state index contributed by atoms with van der Waals surface area (Å²) in [7, 11) is 1.72. The molecule has 0 amide bonds. The summed E-state index contributed by atoms with van der Waals surface area (Å²) in [5, 5.41) is 32.4. The van der Waals surface area contributed by atoms with Crippen molar-refractivity contribution in [2.24, 2.45) is 5.73 Å². The fourth-order valence-electron chi connectivity index (χ4n) is 2.85. The number of fused-ring (bicyclic) bond motifs is 1. The van der Waals surface area contributed by atoms with E-state index in [0.29, 0.717) is 34.9 Å². The van der Waals surface area contributed by atoms with E-state index in [2.05, 4.69) is 20.3 Å². The van der Waals surface area contributed by atoms with Crippen LogP contribution < -0.4 is 11.1 Å². The van der Waals surface area contributed by atoms with Gasteiger partial charge in [0.05, 0.1) is 12.4 Å². The Bertz CT molecular complexity index is 804. The number of ether oxygens (including phenoxy) is 1. The van der Waals surface area contributed by atoms with Crippen molar-refractivity contribution in [2.45, 2.75) is 37.0 Å². The normalized spacial score (nSPS) is 26.4. The number of rotatable bonds is 8. The quantitative estimate of drug-likeness (QED) is 0.347. The Labute approximate surface area is 159 Å². The van der Waals surface area contributed by atoms with Gasteiger partial charge in [-0.1, -0.05) is 0 Å². The number of aliphatic carboxylic acids is 1. The molecular weight excluding hydrogens is 376 g/mol. The molecular formula is C15H22N6O5S. The van der Waals surface area contributed by atoms with Crippen molar-refractivity contribution >= 4 is 34.7 Å². The zero-order chi connectivity index (χ0) is 19.6. The third-order valence-electron chi connectivity index (χ3n) is 4.38. The van der Waals surface area contributed by atoms with Crippen molar-refractivity contribution in [1.82, 2.24) is 19.5 Å². The number of thioether (sulfide) groups is 1. The first-order chi connectivity index (χ1) is 12.9. The molecule has 2 aromatic heterocycles. The molecule has 3 heterocycles. The third kappa shape index (κ3) is 3.99. The fraction of sp³-hybridized carbons (Fsp3) is 0.600. The SMILES string of the molecule is CNc1ncnc2c1ncn2[C@@H]1OC(CSCCC(N)C(=O)O)[C@@H](O)[C@H]1O. The Kier molecular flexibility index (Phi) is 6.11. The monoisotopic (exact) mass is 398 g/mol. The molecule has 5 atom stereocenters. The van der Waals surface area contributed by atoms with Crippen LogP contribution in [0.1, 0.15) is 12.6 Å². The lowest BCUT2D eigenvalue weighted by Crippen LogP contribution is -2.33. The van der Waals surface area contributed by atoms with Gasteiger partial charge in [-0.05, 0) is 12.2 Å². The lowest BCUT2D eigenvalue weighted by atomic mass is 10.1. The number of anilines is 1. The van der Waals surface area contributed by atoms with Gasteiger partial charge in [0.2, 0.25) is 0 Å². The number of hydrogen-bond donors (Lipinski definition) is 5. The zero-order valence-corrected chi connectivity index (χ0v) is 15.4. The molecule has 0 aliphatic carbocycles. The van der Waals surface area contributed by atoms with Crippen LogP contribution >= 0.6 is 11.8 Å². The summed E-state index contributed by atoms with van der Waals surface area (Å²) >= 11 is 1.41. The fourth-order valence-corrected chi connectivity index (χ4v) is 3.95. The third-order valence-corrected chi connectivity index (χ3v) is 5.47. The van der Waals surface area contributed by atoms with Gasteiger partial charge < -0.3 is 31.1 Å². The average molecular weight is 398 g/mol. The number of carbonyl (C=O) groups is 1. The molecule has 12 heteroatoms. The number of imidazole rings is 1. The molecule has 0 bridgehead atoms. The van der Waals surface area contributed by atoms with E-state index in [1.807, 2.05) is 0 Å². The maximum atomic E-state index is 10.7. The van der Waals surface area contributed by atoms with Crippen LogP contribution in [-0.4, -0.2) is 83.7 Å².